The predicted molar refractivity (Wildman–Crippen MR) is 77.1 cm³/mol. The van der Waals surface area contributed by atoms with Gasteiger partial charge in [-0.2, -0.15) is 0 Å². The number of rotatable bonds is 7. The summed E-state index contributed by atoms with van der Waals surface area (Å²) in [6, 6.07) is 7.76. The molecule has 0 unspecified atom stereocenters. The van der Waals surface area contributed by atoms with Gasteiger partial charge in [0.15, 0.2) is 0 Å². The first-order chi connectivity index (χ1) is 8.72. The van der Waals surface area contributed by atoms with E-state index in [4.69, 9.17) is 5.11 Å². The number of carbonyl (C=O) groups is 1. The van der Waals surface area contributed by atoms with Crippen molar-refractivity contribution >= 4 is 27.9 Å². The van der Waals surface area contributed by atoms with Gasteiger partial charge in [0.05, 0.1) is 0 Å². The lowest BCUT2D eigenvalue weighted by molar-refractivity contribution is -0.116. The molecule has 1 amide bonds. The van der Waals surface area contributed by atoms with E-state index < -0.39 is 0 Å². The Hall–Kier alpha value is -1.13. The second-order valence-corrected chi connectivity index (χ2v) is 4.88. The molecule has 0 aliphatic carbocycles. The Morgan fingerprint density at radius 2 is 2.17 bits per heavy atom. The van der Waals surface area contributed by atoms with Gasteiger partial charge >= 0.3 is 0 Å². The first-order valence-corrected chi connectivity index (χ1v) is 6.84. The minimum absolute atomic E-state index is 0.0843. The van der Waals surface area contributed by atoms with E-state index in [1.165, 1.54) is 6.08 Å². The lowest BCUT2D eigenvalue weighted by Crippen LogP contribution is -2.22. The maximum Gasteiger partial charge on any atom is 0.243 e. The Kier molecular flexibility index (Phi) is 7.37. The zero-order chi connectivity index (χ0) is 13.2. The number of amides is 1. The van der Waals surface area contributed by atoms with Crippen LogP contribution in [0.3, 0.4) is 0 Å². The zero-order valence-corrected chi connectivity index (χ0v) is 11.8. The number of benzene rings is 1. The Morgan fingerprint density at radius 3 is 2.89 bits per heavy atom. The molecule has 0 spiro atoms. The largest absolute Gasteiger partial charge is 0.396 e. The van der Waals surface area contributed by atoms with Crippen LogP contribution in [0.1, 0.15) is 24.8 Å². The van der Waals surface area contributed by atoms with Crippen LogP contribution in [-0.2, 0) is 4.79 Å². The van der Waals surface area contributed by atoms with Crippen LogP contribution in [0.15, 0.2) is 34.8 Å². The van der Waals surface area contributed by atoms with Crippen molar-refractivity contribution in [2.45, 2.75) is 19.3 Å². The maximum absolute atomic E-state index is 11.5. The minimum atomic E-state index is -0.0843. The molecule has 0 saturated heterocycles. The summed E-state index contributed by atoms with van der Waals surface area (Å²) in [6.45, 7) is 0.873. The van der Waals surface area contributed by atoms with Gasteiger partial charge in [-0.15, -0.1) is 0 Å². The summed E-state index contributed by atoms with van der Waals surface area (Å²) in [5.41, 5.74) is 0.986. The summed E-state index contributed by atoms with van der Waals surface area (Å²) in [5, 5.41) is 11.4. The molecule has 1 aromatic rings. The van der Waals surface area contributed by atoms with Crippen molar-refractivity contribution in [3.05, 3.63) is 40.4 Å². The summed E-state index contributed by atoms with van der Waals surface area (Å²) in [7, 11) is 0. The molecule has 2 N–H and O–H groups in total. The van der Waals surface area contributed by atoms with Gasteiger partial charge in [-0.05, 0) is 43.0 Å². The van der Waals surface area contributed by atoms with E-state index in [0.29, 0.717) is 6.54 Å². The highest BCUT2D eigenvalue weighted by atomic mass is 79.9. The van der Waals surface area contributed by atoms with E-state index in [2.05, 4.69) is 21.2 Å². The van der Waals surface area contributed by atoms with Crippen molar-refractivity contribution < 1.29 is 9.90 Å². The molecule has 0 heterocycles. The van der Waals surface area contributed by atoms with Crippen LogP contribution in [0.25, 0.3) is 6.08 Å². The maximum atomic E-state index is 11.5. The van der Waals surface area contributed by atoms with E-state index in [-0.39, 0.29) is 12.5 Å². The molecule has 1 rings (SSSR count). The molecule has 4 heteroatoms. The highest BCUT2D eigenvalue weighted by molar-refractivity contribution is 9.10. The average molecular weight is 312 g/mol. The molecule has 0 saturated carbocycles. The fraction of sp³-hybridized carbons (Fsp3) is 0.357. The van der Waals surface area contributed by atoms with Gasteiger partial charge in [-0.25, -0.2) is 0 Å². The summed E-state index contributed by atoms with van der Waals surface area (Å²) in [6.07, 6.45) is 5.95. The Labute approximate surface area is 116 Å². The summed E-state index contributed by atoms with van der Waals surface area (Å²) in [5.74, 6) is -0.0843. The molecule has 0 atom stereocenters. The second-order valence-electron chi connectivity index (χ2n) is 3.96. The van der Waals surface area contributed by atoms with Gasteiger partial charge in [0.1, 0.15) is 0 Å². The van der Waals surface area contributed by atoms with Crippen molar-refractivity contribution in [2.24, 2.45) is 0 Å². The molecule has 0 fully saturated rings. The number of halogens is 1. The molecular formula is C14H18BrNO2. The molecule has 0 bridgehead atoms. The van der Waals surface area contributed by atoms with Crippen molar-refractivity contribution in [3.63, 3.8) is 0 Å². The number of hydrogen-bond donors (Lipinski definition) is 2. The molecule has 1 aromatic carbocycles. The van der Waals surface area contributed by atoms with Crippen LogP contribution in [-0.4, -0.2) is 24.2 Å². The molecular weight excluding hydrogens is 294 g/mol. The number of nitrogens with one attached hydrogen (secondary N) is 1. The zero-order valence-electron chi connectivity index (χ0n) is 10.2. The number of unbranched alkanes of at least 4 members (excludes halogenated alkanes) is 2. The summed E-state index contributed by atoms with van der Waals surface area (Å²) < 4.78 is 0.995. The van der Waals surface area contributed by atoms with Crippen LogP contribution >= 0.6 is 15.9 Å². The van der Waals surface area contributed by atoms with Gasteiger partial charge in [-0.1, -0.05) is 28.1 Å². The van der Waals surface area contributed by atoms with Gasteiger partial charge < -0.3 is 10.4 Å². The monoisotopic (exact) mass is 311 g/mol. The molecule has 0 aliphatic heterocycles. The van der Waals surface area contributed by atoms with Crippen molar-refractivity contribution in [1.29, 1.82) is 0 Å². The van der Waals surface area contributed by atoms with Crippen molar-refractivity contribution in [3.8, 4) is 0 Å². The van der Waals surface area contributed by atoms with Gasteiger partial charge in [0.25, 0.3) is 0 Å². The number of aliphatic hydroxyl groups excluding tert-OH is 1. The van der Waals surface area contributed by atoms with Crippen LogP contribution in [0.5, 0.6) is 0 Å². The quantitative estimate of drug-likeness (QED) is 0.601. The third-order valence-electron chi connectivity index (χ3n) is 2.41. The highest BCUT2D eigenvalue weighted by Gasteiger charge is 1.95. The van der Waals surface area contributed by atoms with Crippen LogP contribution in [0, 0.1) is 0 Å². The Balaban J connectivity index is 2.27. The number of aliphatic hydroxyl groups is 1. The van der Waals surface area contributed by atoms with E-state index in [0.717, 1.165) is 29.3 Å². The third kappa shape index (κ3) is 6.57. The van der Waals surface area contributed by atoms with Crippen LogP contribution in [0.4, 0.5) is 0 Å². The Morgan fingerprint density at radius 1 is 1.33 bits per heavy atom. The van der Waals surface area contributed by atoms with Gasteiger partial charge in [-0.3, -0.25) is 4.79 Å². The van der Waals surface area contributed by atoms with E-state index in [1.807, 2.05) is 24.3 Å². The van der Waals surface area contributed by atoms with E-state index in [1.54, 1.807) is 6.08 Å². The first-order valence-electron chi connectivity index (χ1n) is 6.04. The van der Waals surface area contributed by atoms with Crippen LogP contribution in [0.2, 0.25) is 0 Å². The van der Waals surface area contributed by atoms with E-state index >= 15 is 0 Å². The molecule has 0 radical (unpaired) electrons. The lowest BCUT2D eigenvalue weighted by atomic mass is 10.2. The fourth-order valence-corrected chi connectivity index (χ4v) is 1.88. The predicted octanol–water partition coefficient (Wildman–Crippen LogP) is 2.74. The fourth-order valence-electron chi connectivity index (χ4n) is 1.47. The second kappa shape index (κ2) is 8.89. The van der Waals surface area contributed by atoms with Crippen LogP contribution < -0.4 is 5.32 Å². The smallest absolute Gasteiger partial charge is 0.243 e. The Bertz CT molecular complexity index is 405. The SMILES string of the molecule is O=C(/C=C/c1cccc(Br)c1)NCCCCCO. The molecule has 98 valence electrons. The van der Waals surface area contributed by atoms with Crippen molar-refractivity contribution in [1.82, 2.24) is 5.32 Å². The summed E-state index contributed by atoms with van der Waals surface area (Å²) in [4.78, 5) is 11.5. The topological polar surface area (TPSA) is 49.3 Å². The van der Waals surface area contributed by atoms with E-state index in [9.17, 15) is 4.79 Å². The third-order valence-corrected chi connectivity index (χ3v) is 2.90. The molecule has 0 aromatic heterocycles. The van der Waals surface area contributed by atoms with Crippen molar-refractivity contribution in [2.75, 3.05) is 13.2 Å². The number of hydrogen-bond acceptors (Lipinski definition) is 2. The minimum Gasteiger partial charge on any atom is -0.396 e. The van der Waals surface area contributed by atoms with Gasteiger partial charge in [0.2, 0.25) is 5.91 Å². The first kappa shape index (κ1) is 14.9. The highest BCUT2D eigenvalue weighted by Crippen LogP contribution is 2.12. The average Bonchev–Trinajstić information content (AvgIpc) is 2.36. The van der Waals surface area contributed by atoms with Gasteiger partial charge in [0, 0.05) is 23.7 Å². The lowest BCUT2D eigenvalue weighted by Gasteiger charge is -2.01. The molecule has 0 aliphatic rings. The standard InChI is InChI=1S/C14H18BrNO2/c15-13-6-4-5-12(11-13)7-8-14(18)16-9-2-1-3-10-17/h4-8,11,17H,1-3,9-10H2,(H,16,18)/b8-7+. The molecule has 3 nitrogen and oxygen atoms in total. The molecule has 18 heavy (non-hydrogen) atoms. The summed E-state index contributed by atoms with van der Waals surface area (Å²) >= 11 is 3.38. The normalized spacial score (nSPS) is 10.8. The number of carbonyl (C=O) groups excluding carboxylic acids is 1.